The summed E-state index contributed by atoms with van der Waals surface area (Å²) < 4.78 is 16.1. The van der Waals surface area contributed by atoms with Crippen molar-refractivity contribution in [3.8, 4) is 17.2 Å². The molecule has 0 saturated heterocycles. The molecule has 0 aliphatic rings. The molecule has 1 atom stereocenters. The van der Waals surface area contributed by atoms with Crippen molar-refractivity contribution in [1.29, 1.82) is 0 Å². The average Bonchev–Trinajstić information content (AvgIpc) is 2.52. The molecule has 0 amide bonds. The molecule has 0 spiro atoms. The summed E-state index contributed by atoms with van der Waals surface area (Å²) in [7, 11) is 4.90. The average molecular weight is 313 g/mol. The van der Waals surface area contributed by atoms with Gasteiger partial charge in [0.2, 0.25) is 5.75 Å². The number of rotatable bonds is 10. The highest BCUT2D eigenvalue weighted by molar-refractivity contribution is 7.98. The van der Waals surface area contributed by atoms with Gasteiger partial charge in [0.15, 0.2) is 11.5 Å². The van der Waals surface area contributed by atoms with Gasteiger partial charge in [0, 0.05) is 6.04 Å². The number of methoxy groups -OCH3 is 3. The van der Waals surface area contributed by atoms with Crippen LogP contribution in [0.5, 0.6) is 17.2 Å². The molecular weight excluding hydrogens is 286 g/mol. The predicted molar refractivity (Wildman–Crippen MR) is 90.1 cm³/mol. The Balaban J connectivity index is 2.73. The molecule has 0 saturated carbocycles. The van der Waals surface area contributed by atoms with Gasteiger partial charge in [0.25, 0.3) is 0 Å². The smallest absolute Gasteiger partial charge is 0.203 e. The number of hydrogen-bond acceptors (Lipinski definition) is 5. The van der Waals surface area contributed by atoms with E-state index in [9.17, 15) is 0 Å². The molecule has 0 bridgehead atoms. The molecule has 0 heterocycles. The van der Waals surface area contributed by atoms with Gasteiger partial charge in [-0.2, -0.15) is 11.8 Å². The van der Waals surface area contributed by atoms with Crippen LogP contribution in [-0.2, 0) is 0 Å². The second-order valence-electron chi connectivity index (χ2n) is 4.83. The summed E-state index contributed by atoms with van der Waals surface area (Å²) in [5, 5.41) is 3.54. The van der Waals surface area contributed by atoms with Gasteiger partial charge in [-0.05, 0) is 56.0 Å². The summed E-state index contributed by atoms with van der Waals surface area (Å²) in [6, 6.07) is 4.25. The van der Waals surface area contributed by atoms with Crippen molar-refractivity contribution in [1.82, 2.24) is 5.32 Å². The fourth-order valence-electron chi connectivity index (χ4n) is 2.16. The first-order valence-electron chi connectivity index (χ1n) is 7.20. The van der Waals surface area contributed by atoms with Crippen molar-refractivity contribution in [2.75, 3.05) is 39.9 Å². The van der Waals surface area contributed by atoms with Crippen LogP contribution in [0.2, 0.25) is 0 Å². The molecule has 21 heavy (non-hydrogen) atoms. The maximum Gasteiger partial charge on any atom is 0.203 e. The number of hydrogen-bond donors (Lipinski definition) is 1. The Morgan fingerprint density at radius 1 is 1.05 bits per heavy atom. The molecule has 1 aromatic carbocycles. The first-order chi connectivity index (χ1) is 10.2. The normalized spacial score (nSPS) is 12.0. The number of thioether (sulfide) groups is 1. The van der Waals surface area contributed by atoms with E-state index in [1.165, 1.54) is 18.6 Å². The zero-order valence-corrected chi connectivity index (χ0v) is 14.5. The molecule has 5 heteroatoms. The van der Waals surface area contributed by atoms with Crippen molar-refractivity contribution in [3.63, 3.8) is 0 Å². The third kappa shape index (κ3) is 5.32. The van der Waals surface area contributed by atoms with Gasteiger partial charge in [-0.3, -0.25) is 0 Å². The second-order valence-corrected chi connectivity index (χ2v) is 5.82. The lowest BCUT2D eigenvalue weighted by Crippen LogP contribution is -2.20. The van der Waals surface area contributed by atoms with Crippen LogP contribution in [-0.4, -0.2) is 39.9 Å². The highest BCUT2D eigenvalue weighted by Crippen LogP contribution is 2.39. The molecule has 0 aromatic heterocycles. The Hall–Kier alpha value is -1.07. The highest BCUT2D eigenvalue weighted by Gasteiger charge is 2.15. The number of nitrogens with one attached hydrogen (secondary N) is 1. The van der Waals surface area contributed by atoms with Gasteiger partial charge in [-0.15, -0.1) is 0 Å². The molecular formula is C16H27NO3S. The molecule has 120 valence electrons. The van der Waals surface area contributed by atoms with Gasteiger partial charge in [-0.25, -0.2) is 0 Å². The van der Waals surface area contributed by atoms with Crippen molar-refractivity contribution in [2.45, 2.75) is 25.8 Å². The Morgan fingerprint density at radius 3 is 2.14 bits per heavy atom. The maximum absolute atomic E-state index is 5.39. The SMILES string of the molecule is COc1cc(C(C)NCCCCSC)cc(OC)c1OC. The first kappa shape index (κ1) is 18.0. The lowest BCUT2D eigenvalue weighted by molar-refractivity contribution is 0.323. The van der Waals surface area contributed by atoms with E-state index in [0.717, 1.165) is 12.1 Å². The largest absolute Gasteiger partial charge is 0.493 e. The zero-order chi connectivity index (χ0) is 15.7. The number of unbranched alkanes of at least 4 members (excludes halogenated alkanes) is 1. The van der Waals surface area contributed by atoms with Gasteiger partial charge in [0.1, 0.15) is 0 Å². The van der Waals surface area contributed by atoms with E-state index >= 15 is 0 Å². The molecule has 1 N–H and O–H groups in total. The number of ether oxygens (including phenoxy) is 3. The molecule has 1 aromatic rings. The Morgan fingerprint density at radius 2 is 1.67 bits per heavy atom. The summed E-state index contributed by atoms with van der Waals surface area (Å²) in [6.45, 7) is 3.16. The zero-order valence-electron chi connectivity index (χ0n) is 13.7. The molecule has 0 radical (unpaired) electrons. The van der Waals surface area contributed by atoms with Gasteiger partial charge >= 0.3 is 0 Å². The summed E-state index contributed by atoms with van der Waals surface area (Å²) in [4.78, 5) is 0. The summed E-state index contributed by atoms with van der Waals surface area (Å²) in [5.74, 6) is 3.25. The van der Waals surface area contributed by atoms with Gasteiger partial charge in [-0.1, -0.05) is 0 Å². The third-order valence-corrected chi connectivity index (χ3v) is 4.11. The van der Waals surface area contributed by atoms with Crippen LogP contribution in [0.1, 0.15) is 31.4 Å². The second kappa shape index (κ2) is 9.79. The monoisotopic (exact) mass is 313 g/mol. The summed E-state index contributed by atoms with van der Waals surface area (Å²) >= 11 is 1.90. The minimum absolute atomic E-state index is 0.244. The molecule has 0 fully saturated rings. The lowest BCUT2D eigenvalue weighted by atomic mass is 10.1. The summed E-state index contributed by atoms with van der Waals surface area (Å²) in [5.41, 5.74) is 1.13. The molecule has 1 unspecified atom stereocenters. The van der Waals surface area contributed by atoms with Crippen molar-refractivity contribution in [2.24, 2.45) is 0 Å². The van der Waals surface area contributed by atoms with Gasteiger partial charge < -0.3 is 19.5 Å². The molecule has 0 aliphatic carbocycles. The fourth-order valence-corrected chi connectivity index (χ4v) is 2.65. The quantitative estimate of drug-likeness (QED) is 0.669. The van der Waals surface area contributed by atoms with Crippen LogP contribution in [0, 0.1) is 0 Å². The van der Waals surface area contributed by atoms with E-state index in [4.69, 9.17) is 14.2 Å². The minimum Gasteiger partial charge on any atom is -0.493 e. The van der Waals surface area contributed by atoms with E-state index in [-0.39, 0.29) is 6.04 Å². The lowest BCUT2D eigenvalue weighted by Gasteiger charge is -2.18. The van der Waals surface area contributed by atoms with Crippen LogP contribution in [0.15, 0.2) is 12.1 Å². The molecule has 0 aliphatic heterocycles. The van der Waals surface area contributed by atoms with E-state index < -0.39 is 0 Å². The minimum atomic E-state index is 0.244. The topological polar surface area (TPSA) is 39.7 Å². The van der Waals surface area contributed by atoms with Crippen LogP contribution in [0.25, 0.3) is 0 Å². The van der Waals surface area contributed by atoms with E-state index in [1.807, 2.05) is 23.9 Å². The van der Waals surface area contributed by atoms with Crippen LogP contribution in [0.3, 0.4) is 0 Å². The van der Waals surface area contributed by atoms with Crippen LogP contribution < -0.4 is 19.5 Å². The number of benzene rings is 1. The summed E-state index contributed by atoms with van der Waals surface area (Å²) in [6.07, 6.45) is 4.58. The Bertz CT molecular complexity index is 401. The predicted octanol–water partition coefficient (Wildman–Crippen LogP) is 3.51. The first-order valence-corrected chi connectivity index (χ1v) is 8.59. The fraction of sp³-hybridized carbons (Fsp3) is 0.625. The maximum atomic E-state index is 5.39. The van der Waals surface area contributed by atoms with Gasteiger partial charge in [0.05, 0.1) is 21.3 Å². The van der Waals surface area contributed by atoms with E-state index in [1.54, 1.807) is 21.3 Å². The van der Waals surface area contributed by atoms with Crippen LogP contribution >= 0.6 is 11.8 Å². The van der Waals surface area contributed by atoms with E-state index in [2.05, 4.69) is 18.5 Å². The van der Waals surface area contributed by atoms with Crippen molar-refractivity contribution in [3.05, 3.63) is 17.7 Å². The Kier molecular flexibility index (Phi) is 8.38. The Labute approximate surface area is 132 Å². The molecule has 1 rings (SSSR count). The van der Waals surface area contributed by atoms with E-state index in [0.29, 0.717) is 17.2 Å². The van der Waals surface area contributed by atoms with Crippen LogP contribution in [0.4, 0.5) is 0 Å². The standard InChI is InChI=1S/C16H27NO3S/c1-12(17-8-6-7-9-21-5)13-10-14(18-2)16(20-4)15(11-13)19-3/h10-12,17H,6-9H2,1-5H3. The third-order valence-electron chi connectivity index (χ3n) is 3.41. The van der Waals surface area contributed by atoms with Crippen molar-refractivity contribution < 1.29 is 14.2 Å². The molecule has 4 nitrogen and oxygen atoms in total. The highest BCUT2D eigenvalue weighted by atomic mass is 32.2. The van der Waals surface area contributed by atoms with Crippen molar-refractivity contribution >= 4 is 11.8 Å².